The largest absolute Gasteiger partial charge is 0.480 e. The summed E-state index contributed by atoms with van der Waals surface area (Å²) in [7, 11) is 0. The molecule has 0 fully saturated rings. The lowest BCUT2D eigenvalue weighted by Crippen LogP contribution is -2.25. The molecule has 1 unspecified atom stereocenters. The molecule has 0 radical (unpaired) electrons. The van der Waals surface area contributed by atoms with Crippen LogP contribution in [0, 0.1) is 17.6 Å². The second kappa shape index (κ2) is 6.42. The quantitative estimate of drug-likeness (QED) is 0.879. The van der Waals surface area contributed by atoms with Crippen molar-refractivity contribution in [1.82, 2.24) is 9.55 Å². The van der Waals surface area contributed by atoms with E-state index in [1.165, 1.54) is 0 Å². The standard InChI is InChI=1S/C16H20F2N2O2/c1-4-5-6-14-19-12-7-10(17)11(18)8-13(12)20(14)15(9(2)3)16(21)22/h7-9,15H,4-6H2,1-3H3,(H,21,22). The van der Waals surface area contributed by atoms with Gasteiger partial charge < -0.3 is 9.67 Å². The molecule has 0 aliphatic heterocycles. The molecule has 1 atom stereocenters. The third kappa shape index (κ3) is 2.96. The van der Waals surface area contributed by atoms with E-state index in [0.29, 0.717) is 17.8 Å². The van der Waals surface area contributed by atoms with Gasteiger partial charge in [0.25, 0.3) is 0 Å². The Kier molecular flexibility index (Phi) is 4.78. The number of halogens is 2. The van der Waals surface area contributed by atoms with Gasteiger partial charge in [-0.3, -0.25) is 0 Å². The maximum atomic E-state index is 13.6. The van der Waals surface area contributed by atoms with Crippen molar-refractivity contribution >= 4 is 17.0 Å². The highest BCUT2D eigenvalue weighted by molar-refractivity contribution is 5.80. The smallest absolute Gasteiger partial charge is 0.327 e. The van der Waals surface area contributed by atoms with E-state index in [4.69, 9.17) is 0 Å². The summed E-state index contributed by atoms with van der Waals surface area (Å²) in [6, 6.07) is 1.20. The van der Waals surface area contributed by atoms with E-state index >= 15 is 0 Å². The minimum Gasteiger partial charge on any atom is -0.480 e. The molecular formula is C16H20F2N2O2. The van der Waals surface area contributed by atoms with Crippen molar-refractivity contribution < 1.29 is 18.7 Å². The predicted octanol–water partition coefficient (Wildman–Crippen LogP) is 3.94. The number of fused-ring (bicyclic) bond motifs is 1. The Balaban J connectivity index is 2.70. The van der Waals surface area contributed by atoms with Crippen LogP contribution >= 0.6 is 0 Å². The number of hydrogen-bond acceptors (Lipinski definition) is 2. The number of imidazole rings is 1. The highest BCUT2D eigenvalue weighted by Gasteiger charge is 2.28. The number of carbonyl (C=O) groups is 1. The lowest BCUT2D eigenvalue weighted by Gasteiger charge is -2.21. The fraction of sp³-hybridized carbons (Fsp3) is 0.500. The Hall–Kier alpha value is -1.98. The fourth-order valence-electron chi connectivity index (χ4n) is 2.66. The molecule has 120 valence electrons. The van der Waals surface area contributed by atoms with E-state index in [1.807, 2.05) is 6.92 Å². The van der Waals surface area contributed by atoms with Crippen LogP contribution in [0.2, 0.25) is 0 Å². The second-order valence-corrected chi connectivity index (χ2v) is 5.78. The molecule has 0 bridgehead atoms. The van der Waals surface area contributed by atoms with Gasteiger partial charge in [0, 0.05) is 18.6 Å². The molecule has 4 nitrogen and oxygen atoms in total. The maximum absolute atomic E-state index is 13.6. The molecule has 1 aromatic carbocycles. The third-order valence-electron chi connectivity index (χ3n) is 3.72. The lowest BCUT2D eigenvalue weighted by atomic mass is 10.0. The third-order valence-corrected chi connectivity index (χ3v) is 3.72. The lowest BCUT2D eigenvalue weighted by molar-refractivity contribution is -0.142. The summed E-state index contributed by atoms with van der Waals surface area (Å²) in [6.45, 7) is 5.59. The zero-order valence-corrected chi connectivity index (χ0v) is 12.9. The van der Waals surface area contributed by atoms with E-state index in [2.05, 4.69) is 4.98 Å². The number of unbranched alkanes of at least 4 members (excludes halogenated alkanes) is 1. The molecule has 0 saturated heterocycles. The Labute approximate surface area is 127 Å². The van der Waals surface area contributed by atoms with Crippen LogP contribution in [-0.4, -0.2) is 20.6 Å². The van der Waals surface area contributed by atoms with E-state index < -0.39 is 23.6 Å². The van der Waals surface area contributed by atoms with Crippen LogP contribution < -0.4 is 0 Å². The first kappa shape index (κ1) is 16.4. The van der Waals surface area contributed by atoms with Crippen molar-refractivity contribution in [2.75, 3.05) is 0 Å². The van der Waals surface area contributed by atoms with Crippen molar-refractivity contribution in [3.63, 3.8) is 0 Å². The Morgan fingerprint density at radius 1 is 1.32 bits per heavy atom. The number of rotatable bonds is 6. The summed E-state index contributed by atoms with van der Waals surface area (Å²) < 4.78 is 28.6. The average molecular weight is 310 g/mol. The van der Waals surface area contributed by atoms with Crippen molar-refractivity contribution in [3.05, 3.63) is 29.6 Å². The van der Waals surface area contributed by atoms with Crippen molar-refractivity contribution in [3.8, 4) is 0 Å². The number of hydrogen-bond donors (Lipinski definition) is 1. The van der Waals surface area contributed by atoms with Gasteiger partial charge in [-0.15, -0.1) is 0 Å². The number of nitrogens with zero attached hydrogens (tertiary/aromatic N) is 2. The number of aromatic nitrogens is 2. The van der Waals surface area contributed by atoms with Gasteiger partial charge in [-0.2, -0.15) is 0 Å². The zero-order valence-electron chi connectivity index (χ0n) is 12.9. The van der Waals surface area contributed by atoms with Gasteiger partial charge in [0.15, 0.2) is 11.6 Å². The first-order chi connectivity index (χ1) is 10.4. The highest BCUT2D eigenvalue weighted by Crippen LogP contribution is 2.28. The van der Waals surface area contributed by atoms with Gasteiger partial charge in [-0.25, -0.2) is 18.6 Å². The van der Waals surface area contributed by atoms with Crippen LogP contribution in [0.4, 0.5) is 8.78 Å². The van der Waals surface area contributed by atoms with Crippen molar-refractivity contribution in [2.45, 2.75) is 46.1 Å². The Bertz CT molecular complexity index is 695. The van der Waals surface area contributed by atoms with E-state index in [-0.39, 0.29) is 11.4 Å². The maximum Gasteiger partial charge on any atom is 0.327 e. The number of aliphatic carboxylic acids is 1. The van der Waals surface area contributed by atoms with Crippen molar-refractivity contribution in [2.24, 2.45) is 5.92 Å². The molecule has 2 rings (SSSR count). The van der Waals surface area contributed by atoms with Crippen LogP contribution in [0.5, 0.6) is 0 Å². The summed E-state index contributed by atoms with van der Waals surface area (Å²) in [5.74, 6) is -2.62. The van der Waals surface area contributed by atoms with Crippen LogP contribution in [0.25, 0.3) is 11.0 Å². The second-order valence-electron chi connectivity index (χ2n) is 5.78. The van der Waals surface area contributed by atoms with Gasteiger partial charge in [0.1, 0.15) is 11.9 Å². The normalized spacial score (nSPS) is 13.0. The molecule has 0 aliphatic rings. The van der Waals surface area contributed by atoms with E-state index in [0.717, 1.165) is 25.0 Å². The molecule has 2 aromatic rings. The topological polar surface area (TPSA) is 55.1 Å². The first-order valence-corrected chi connectivity index (χ1v) is 7.45. The summed E-state index contributed by atoms with van der Waals surface area (Å²) in [5.41, 5.74) is 0.614. The summed E-state index contributed by atoms with van der Waals surface area (Å²) >= 11 is 0. The summed E-state index contributed by atoms with van der Waals surface area (Å²) in [5, 5.41) is 9.53. The van der Waals surface area contributed by atoms with E-state index in [1.54, 1.807) is 18.4 Å². The Morgan fingerprint density at radius 3 is 2.50 bits per heavy atom. The minimum absolute atomic E-state index is 0.205. The molecule has 0 spiro atoms. The highest BCUT2D eigenvalue weighted by atomic mass is 19.2. The SMILES string of the molecule is CCCCc1nc2cc(F)c(F)cc2n1C(C(=O)O)C(C)C. The number of carboxylic acids is 1. The monoisotopic (exact) mass is 310 g/mol. The summed E-state index contributed by atoms with van der Waals surface area (Å²) in [6.07, 6.45) is 2.33. The van der Waals surface area contributed by atoms with Crippen LogP contribution in [-0.2, 0) is 11.2 Å². The molecule has 1 N–H and O–H groups in total. The van der Waals surface area contributed by atoms with Crippen LogP contribution in [0.3, 0.4) is 0 Å². The number of benzene rings is 1. The molecule has 1 heterocycles. The van der Waals surface area contributed by atoms with Crippen molar-refractivity contribution in [1.29, 1.82) is 0 Å². The molecule has 0 aliphatic carbocycles. The minimum atomic E-state index is -1.00. The van der Waals surface area contributed by atoms with Gasteiger partial charge >= 0.3 is 5.97 Å². The van der Waals surface area contributed by atoms with E-state index in [9.17, 15) is 18.7 Å². The molecule has 6 heteroatoms. The van der Waals surface area contributed by atoms with Crippen LogP contribution in [0.15, 0.2) is 12.1 Å². The molecule has 22 heavy (non-hydrogen) atoms. The predicted molar refractivity (Wildman–Crippen MR) is 79.8 cm³/mol. The van der Waals surface area contributed by atoms with Gasteiger partial charge in [0.2, 0.25) is 0 Å². The van der Waals surface area contributed by atoms with Gasteiger partial charge in [0.05, 0.1) is 11.0 Å². The first-order valence-electron chi connectivity index (χ1n) is 7.45. The summed E-state index contributed by atoms with van der Waals surface area (Å²) in [4.78, 5) is 16.0. The fourth-order valence-corrected chi connectivity index (χ4v) is 2.66. The number of aryl methyl sites for hydroxylation is 1. The molecule has 1 aromatic heterocycles. The molecule has 0 amide bonds. The average Bonchev–Trinajstić information content (AvgIpc) is 2.74. The molecular weight excluding hydrogens is 290 g/mol. The van der Waals surface area contributed by atoms with Crippen LogP contribution in [0.1, 0.15) is 45.5 Å². The number of carboxylic acid groups (broad SMARTS) is 1. The molecule has 0 saturated carbocycles. The zero-order chi connectivity index (χ0) is 16.4. The van der Waals surface area contributed by atoms with Gasteiger partial charge in [-0.05, 0) is 12.3 Å². The van der Waals surface area contributed by atoms with Gasteiger partial charge in [-0.1, -0.05) is 27.2 Å². The Morgan fingerprint density at radius 2 is 1.95 bits per heavy atom.